The normalized spacial score (nSPS) is 14.7. The summed E-state index contributed by atoms with van der Waals surface area (Å²) in [6, 6.07) is 3.79. The minimum absolute atomic E-state index is 0.0504. The van der Waals surface area contributed by atoms with Crippen molar-refractivity contribution in [2.45, 2.75) is 6.92 Å². The van der Waals surface area contributed by atoms with E-state index in [1.165, 1.54) is 10.5 Å². The van der Waals surface area contributed by atoms with E-state index in [0.29, 0.717) is 34.7 Å². The van der Waals surface area contributed by atoms with E-state index in [1.807, 2.05) is 0 Å². The van der Waals surface area contributed by atoms with Crippen molar-refractivity contribution in [1.29, 1.82) is 0 Å². The van der Waals surface area contributed by atoms with Gasteiger partial charge >= 0.3 is 0 Å². The third-order valence-corrected chi connectivity index (χ3v) is 7.61. The van der Waals surface area contributed by atoms with E-state index < -0.39 is 34.2 Å². The lowest BCUT2D eigenvalue weighted by molar-refractivity contribution is 0.103. The number of pyridine rings is 1. The van der Waals surface area contributed by atoms with Gasteiger partial charge in [-0.05, 0) is 18.2 Å². The molecule has 5 rings (SSSR count). The average molecular weight is 541 g/mol. The van der Waals surface area contributed by atoms with Gasteiger partial charge in [-0.25, -0.2) is 32.2 Å². The van der Waals surface area contributed by atoms with Gasteiger partial charge in [-0.1, -0.05) is 6.92 Å². The molecule has 0 aliphatic carbocycles. The number of anilines is 2. The van der Waals surface area contributed by atoms with Crippen LogP contribution in [0.5, 0.6) is 0 Å². The van der Waals surface area contributed by atoms with Gasteiger partial charge in [0.2, 0.25) is 11.7 Å². The van der Waals surface area contributed by atoms with Crippen molar-refractivity contribution >= 4 is 39.6 Å². The van der Waals surface area contributed by atoms with E-state index in [2.05, 4.69) is 34.9 Å². The molecule has 0 radical (unpaired) electrons. The summed E-state index contributed by atoms with van der Waals surface area (Å²) in [6.07, 6.45) is 6.35. The number of aromatic amines is 1. The van der Waals surface area contributed by atoms with E-state index in [4.69, 9.17) is 0 Å². The first-order valence-corrected chi connectivity index (χ1v) is 13.2. The van der Waals surface area contributed by atoms with E-state index in [-0.39, 0.29) is 11.3 Å². The second-order valence-electron chi connectivity index (χ2n) is 8.74. The standard InChI is InChI=1S/C25H26F2N8O2S/c1-3-34(2)38(37)33-20-5-4-19(26)21(22(20)27)23(36)18-14-30-24-17(18)10-15(11-29-24)16-12-31-25(32-13-16)35-8-6-28-7-9-35/h4-5,10-14,28,33H,3,6-9H2,1-2H3,(H,29,30). The Kier molecular flexibility index (Phi) is 7.40. The van der Waals surface area contributed by atoms with Crippen molar-refractivity contribution in [3.8, 4) is 11.1 Å². The van der Waals surface area contributed by atoms with Crippen molar-refractivity contribution in [3.05, 3.63) is 65.7 Å². The smallest absolute Gasteiger partial charge is 0.225 e. The number of rotatable bonds is 8. The van der Waals surface area contributed by atoms with Gasteiger partial charge in [0.1, 0.15) is 11.5 Å². The molecule has 1 aromatic carbocycles. The molecule has 198 valence electrons. The zero-order valence-corrected chi connectivity index (χ0v) is 21.6. The second kappa shape index (κ2) is 10.9. The Bertz CT molecular complexity index is 1510. The van der Waals surface area contributed by atoms with Crippen LogP contribution in [0, 0.1) is 11.6 Å². The van der Waals surface area contributed by atoms with Crippen molar-refractivity contribution in [2.75, 3.05) is 49.4 Å². The predicted octanol–water partition coefficient (Wildman–Crippen LogP) is 2.88. The number of nitrogens with one attached hydrogen (secondary N) is 3. The van der Waals surface area contributed by atoms with Crippen molar-refractivity contribution in [2.24, 2.45) is 0 Å². The first-order chi connectivity index (χ1) is 18.4. The van der Waals surface area contributed by atoms with Crippen LogP contribution in [0.25, 0.3) is 22.2 Å². The van der Waals surface area contributed by atoms with E-state index in [1.54, 1.807) is 38.6 Å². The highest BCUT2D eigenvalue weighted by atomic mass is 32.2. The molecule has 3 aromatic heterocycles. The van der Waals surface area contributed by atoms with Crippen molar-refractivity contribution < 1.29 is 17.8 Å². The van der Waals surface area contributed by atoms with Gasteiger partial charge < -0.3 is 15.2 Å². The fourth-order valence-electron chi connectivity index (χ4n) is 4.11. The number of piperazine rings is 1. The zero-order chi connectivity index (χ0) is 26.8. The number of carbonyl (C=O) groups excluding carboxylic acids is 1. The van der Waals surface area contributed by atoms with Gasteiger partial charge in [0.25, 0.3) is 0 Å². The summed E-state index contributed by atoms with van der Waals surface area (Å²) < 4.78 is 46.3. The minimum atomic E-state index is -1.77. The third kappa shape index (κ3) is 4.99. The molecule has 0 saturated carbocycles. The molecular weight excluding hydrogens is 514 g/mol. The van der Waals surface area contributed by atoms with Crippen LogP contribution in [-0.2, 0) is 11.2 Å². The molecule has 10 nitrogen and oxygen atoms in total. The number of benzene rings is 1. The molecule has 1 atom stereocenters. The number of ketones is 1. The summed E-state index contributed by atoms with van der Waals surface area (Å²) in [7, 11) is 1.58. The molecule has 0 spiro atoms. The molecule has 1 unspecified atom stereocenters. The Morgan fingerprint density at radius 2 is 1.84 bits per heavy atom. The lowest BCUT2D eigenvalue weighted by Crippen LogP contribution is -2.44. The highest BCUT2D eigenvalue weighted by Gasteiger charge is 2.25. The molecule has 1 saturated heterocycles. The topological polar surface area (TPSA) is 119 Å². The van der Waals surface area contributed by atoms with Crippen LogP contribution < -0.4 is 14.9 Å². The van der Waals surface area contributed by atoms with Crippen LogP contribution >= 0.6 is 0 Å². The summed E-state index contributed by atoms with van der Waals surface area (Å²) in [5, 5.41) is 3.68. The summed E-state index contributed by atoms with van der Waals surface area (Å²) in [6.45, 7) is 5.57. The minimum Gasteiger partial charge on any atom is -0.345 e. The van der Waals surface area contributed by atoms with E-state index in [9.17, 15) is 13.4 Å². The summed E-state index contributed by atoms with van der Waals surface area (Å²) >= 11 is -1.77. The highest BCUT2D eigenvalue weighted by Crippen LogP contribution is 2.29. The van der Waals surface area contributed by atoms with Crippen molar-refractivity contribution in [3.63, 3.8) is 0 Å². The number of hydrogen-bond donors (Lipinski definition) is 3. The Balaban J connectivity index is 1.46. The molecule has 0 amide bonds. The van der Waals surface area contributed by atoms with Crippen molar-refractivity contribution in [1.82, 2.24) is 29.6 Å². The Hall–Kier alpha value is -3.81. The first kappa shape index (κ1) is 25.8. The monoisotopic (exact) mass is 540 g/mol. The Labute approximate surface area is 220 Å². The van der Waals surface area contributed by atoms with Gasteiger partial charge in [0, 0.05) is 86.6 Å². The maximum atomic E-state index is 15.3. The van der Waals surface area contributed by atoms with Crippen LogP contribution in [0.1, 0.15) is 22.8 Å². The number of aromatic nitrogens is 4. The van der Waals surface area contributed by atoms with Gasteiger partial charge in [-0.15, -0.1) is 0 Å². The van der Waals surface area contributed by atoms with Crippen LogP contribution in [-0.4, -0.2) is 74.0 Å². The number of hydrogen-bond acceptors (Lipinski definition) is 7. The van der Waals surface area contributed by atoms with Crippen LogP contribution in [0.2, 0.25) is 0 Å². The maximum absolute atomic E-state index is 15.3. The van der Waals surface area contributed by atoms with E-state index in [0.717, 1.165) is 38.3 Å². The number of H-pyrrole nitrogens is 1. The number of nitrogens with zero attached hydrogens (tertiary/aromatic N) is 5. The average Bonchev–Trinajstić information content (AvgIpc) is 3.38. The third-order valence-electron chi connectivity index (χ3n) is 6.39. The summed E-state index contributed by atoms with van der Waals surface area (Å²) in [4.78, 5) is 31.7. The largest absolute Gasteiger partial charge is 0.345 e. The molecule has 4 aromatic rings. The molecule has 1 aliphatic rings. The van der Waals surface area contributed by atoms with Gasteiger partial charge in [-0.2, -0.15) is 0 Å². The highest BCUT2D eigenvalue weighted by molar-refractivity contribution is 7.84. The molecule has 38 heavy (non-hydrogen) atoms. The second-order valence-corrected chi connectivity index (χ2v) is 10.1. The zero-order valence-electron chi connectivity index (χ0n) is 20.8. The molecule has 0 bridgehead atoms. The molecule has 13 heteroatoms. The fourth-order valence-corrected chi connectivity index (χ4v) is 4.85. The molecule has 1 aliphatic heterocycles. The number of halogens is 2. The Morgan fingerprint density at radius 3 is 2.55 bits per heavy atom. The summed E-state index contributed by atoms with van der Waals surface area (Å²) in [5.41, 5.74) is 0.775. The fraction of sp³-hybridized carbons (Fsp3) is 0.280. The quantitative estimate of drug-likeness (QED) is 0.294. The van der Waals surface area contributed by atoms with E-state index >= 15 is 4.39 Å². The SMILES string of the molecule is CCN(C)S(=O)Nc1ccc(F)c(C(=O)c2c[nH]c3ncc(-c4cnc(N5CCNCC5)nc4)cc23)c1F. The predicted molar refractivity (Wildman–Crippen MR) is 142 cm³/mol. The Morgan fingerprint density at radius 1 is 1.13 bits per heavy atom. The first-order valence-electron chi connectivity index (χ1n) is 12.0. The lowest BCUT2D eigenvalue weighted by atomic mass is 10.0. The van der Waals surface area contributed by atoms with Gasteiger partial charge in [-0.3, -0.25) is 9.52 Å². The molecular formula is C25H26F2N8O2S. The van der Waals surface area contributed by atoms with Crippen LogP contribution in [0.15, 0.2) is 43.0 Å². The van der Waals surface area contributed by atoms with Gasteiger partial charge in [0.15, 0.2) is 17.0 Å². The van der Waals surface area contributed by atoms with Gasteiger partial charge in [0.05, 0.1) is 11.3 Å². The number of fused-ring (bicyclic) bond motifs is 1. The number of carbonyl (C=O) groups is 1. The van der Waals surface area contributed by atoms with Crippen LogP contribution in [0.3, 0.4) is 0 Å². The lowest BCUT2D eigenvalue weighted by Gasteiger charge is -2.27. The molecule has 3 N–H and O–H groups in total. The molecule has 4 heterocycles. The summed E-state index contributed by atoms with van der Waals surface area (Å²) in [5.74, 6) is -2.38. The molecule has 1 fully saturated rings. The van der Waals surface area contributed by atoms with Crippen LogP contribution in [0.4, 0.5) is 20.4 Å². The maximum Gasteiger partial charge on any atom is 0.225 e.